The number of carbonyl (C=O) groups is 1. The molecule has 8 heteroatoms. The van der Waals surface area contributed by atoms with E-state index in [0.29, 0.717) is 12.1 Å². The lowest BCUT2D eigenvalue weighted by molar-refractivity contribution is -0.122. The van der Waals surface area contributed by atoms with Crippen LogP contribution in [0, 0.1) is 0 Å². The summed E-state index contributed by atoms with van der Waals surface area (Å²) in [6.45, 7) is -0.240. The Kier molecular flexibility index (Phi) is 4.48. The molecule has 1 aliphatic rings. The number of amides is 1. The molecule has 1 saturated heterocycles. The molecule has 0 spiro atoms. The van der Waals surface area contributed by atoms with E-state index in [1.165, 1.54) is 6.07 Å². The predicted molar refractivity (Wildman–Crippen MR) is 89.1 cm³/mol. The molecule has 3 rings (SSSR count). The van der Waals surface area contributed by atoms with Gasteiger partial charge >= 0.3 is 0 Å². The van der Waals surface area contributed by atoms with Crippen molar-refractivity contribution in [1.29, 1.82) is 0 Å². The first-order chi connectivity index (χ1) is 11.4. The van der Waals surface area contributed by atoms with Crippen LogP contribution < -0.4 is 10.9 Å². The second-order valence-electron chi connectivity index (χ2n) is 5.75. The Hall–Kier alpha value is -2.48. The van der Waals surface area contributed by atoms with Crippen molar-refractivity contribution in [2.45, 2.75) is 19.0 Å². The number of benzene rings is 1. The van der Waals surface area contributed by atoms with Crippen LogP contribution in [0.15, 0.2) is 47.3 Å². The van der Waals surface area contributed by atoms with Gasteiger partial charge in [-0.2, -0.15) is 5.10 Å². The Morgan fingerprint density at radius 1 is 1.21 bits per heavy atom. The molecule has 7 nitrogen and oxygen atoms in total. The lowest BCUT2D eigenvalue weighted by Crippen LogP contribution is -2.40. The number of sulfone groups is 1. The summed E-state index contributed by atoms with van der Waals surface area (Å²) < 4.78 is 23.9. The Bertz CT molecular complexity index is 906. The monoisotopic (exact) mass is 347 g/mol. The van der Waals surface area contributed by atoms with E-state index in [4.69, 9.17) is 0 Å². The number of hydrogen-bond donors (Lipinski definition) is 1. The van der Waals surface area contributed by atoms with Crippen LogP contribution >= 0.6 is 0 Å². The first-order valence-electron chi connectivity index (χ1n) is 7.56. The van der Waals surface area contributed by atoms with Crippen LogP contribution in [0.4, 0.5) is 0 Å². The third-order valence-corrected chi connectivity index (χ3v) is 5.60. The molecule has 0 bridgehead atoms. The van der Waals surface area contributed by atoms with Gasteiger partial charge in [0.2, 0.25) is 5.91 Å². The molecule has 0 aliphatic carbocycles. The first-order valence-corrected chi connectivity index (χ1v) is 9.38. The van der Waals surface area contributed by atoms with Crippen molar-refractivity contribution in [2.75, 3.05) is 11.5 Å². The van der Waals surface area contributed by atoms with E-state index in [9.17, 15) is 18.0 Å². The molecule has 0 unspecified atom stereocenters. The largest absolute Gasteiger partial charge is 0.351 e. The van der Waals surface area contributed by atoms with Gasteiger partial charge in [0.1, 0.15) is 6.54 Å². The molecule has 0 saturated carbocycles. The molecule has 1 atom stereocenters. The maximum absolute atomic E-state index is 12.1. The highest BCUT2D eigenvalue weighted by molar-refractivity contribution is 7.91. The Balaban J connectivity index is 1.73. The van der Waals surface area contributed by atoms with Gasteiger partial charge in [-0.15, -0.1) is 0 Å². The van der Waals surface area contributed by atoms with Crippen molar-refractivity contribution in [3.8, 4) is 11.3 Å². The van der Waals surface area contributed by atoms with E-state index >= 15 is 0 Å². The molecule has 2 aromatic rings. The van der Waals surface area contributed by atoms with Gasteiger partial charge in [0, 0.05) is 17.7 Å². The molecule has 1 aromatic carbocycles. The van der Waals surface area contributed by atoms with Gasteiger partial charge in [-0.1, -0.05) is 30.3 Å². The highest BCUT2D eigenvalue weighted by Gasteiger charge is 2.28. The lowest BCUT2D eigenvalue weighted by atomic mass is 10.1. The quantitative estimate of drug-likeness (QED) is 0.853. The Morgan fingerprint density at radius 3 is 2.62 bits per heavy atom. The Morgan fingerprint density at radius 2 is 1.96 bits per heavy atom. The number of nitrogens with one attached hydrogen (secondary N) is 1. The second-order valence-corrected chi connectivity index (χ2v) is 7.98. The van der Waals surface area contributed by atoms with Crippen molar-refractivity contribution in [1.82, 2.24) is 15.1 Å². The molecule has 0 radical (unpaired) electrons. The number of carbonyl (C=O) groups excluding carboxylic acids is 1. The number of rotatable bonds is 4. The van der Waals surface area contributed by atoms with E-state index in [1.807, 2.05) is 30.3 Å². The van der Waals surface area contributed by atoms with Crippen molar-refractivity contribution < 1.29 is 13.2 Å². The zero-order valence-corrected chi connectivity index (χ0v) is 13.7. The zero-order valence-electron chi connectivity index (χ0n) is 12.9. The molecule has 2 heterocycles. The molecule has 126 valence electrons. The summed E-state index contributed by atoms with van der Waals surface area (Å²) >= 11 is 0. The summed E-state index contributed by atoms with van der Waals surface area (Å²) in [7, 11) is -3.06. The van der Waals surface area contributed by atoms with Crippen molar-refractivity contribution in [2.24, 2.45) is 0 Å². The van der Waals surface area contributed by atoms with Crippen LogP contribution in [-0.4, -0.2) is 41.7 Å². The SMILES string of the molecule is O=C(Cn1nc(-c2ccccc2)ccc1=O)N[C@H]1CCS(=O)(=O)C1. The highest BCUT2D eigenvalue weighted by Crippen LogP contribution is 2.14. The summed E-state index contributed by atoms with van der Waals surface area (Å²) in [4.78, 5) is 24.0. The minimum absolute atomic E-state index is 0.0505. The summed E-state index contributed by atoms with van der Waals surface area (Å²) in [5.41, 5.74) is 1.05. The summed E-state index contributed by atoms with van der Waals surface area (Å²) in [5, 5.41) is 6.86. The fourth-order valence-corrected chi connectivity index (χ4v) is 4.32. The third kappa shape index (κ3) is 3.88. The van der Waals surface area contributed by atoms with Crippen molar-refractivity contribution in [3.63, 3.8) is 0 Å². The van der Waals surface area contributed by atoms with Crippen molar-refractivity contribution in [3.05, 3.63) is 52.8 Å². The normalized spacial score (nSPS) is 19.1. The smallest absolute Gasteiger partial charge is 0.267 e. The summed E-state index contributed by atoms with van der Waals surface area (Å²) in [6.07, 6.45) is 0.403. The number of hydrogen-bond acceptors (Lipinski definition) is 5. The first kappa shape index (κ1) is 16.4. The number of nitrogens with zero attached hydrogens (tertiary/aromatic N) is 2. The molecular formula is C16H17N3O4S. The number of aromatic nitrogens is 2. The van der Waals surface area contributed by atoms with Gasteiger partial charge in [0.25, 0.3) is 5.56 Å². The van der Waals surface area contributed by atoms with E-state index in [-0.39, 0.29) is 23.6 Å². The fraction of sp³-hybridized carbons (Fsp3) is 0.312. The van der Waals surface area contributed by atoms with Gasteiger partial charge in [-0.25, -0.2) is 13.1 Å². The topological polar surface area (TPSA) is 98.1 Å². The molecule has 1 amide bonds. The zero-order chi connectivity index (χ0) is 17.2. The third-order valence-electron chi connectivity index (χ3n) is 3.83. The van der Waals surface area contributed by atoms with E-state index in [1.54, 1.807) is 6.07 Å². The van der Waals surface area contributed by atoms with E-state index in [0.717, 1.165) is 10.2 Å². The standard InChI is InChI=1S/C16H17N3O4S/c20-15(17-13-8-9-24(22,23)11-13)10-19-16(21)7-6-14(18-19)12-4-2-1-3-5-12/h1-7,13H,8-11H2,(H,17,20)/t13-/m0/s1. The van der Waals surface area contributed by atoms with Gasteiger partial charge in [-0.3, -0.25) is 9.59 Å². The second kappa shape index (κ2) is 6.56. The average molecular weight is 347 g/mol. The van der Waals surface area contributed by atoms with Crippen LogP contribution in [-0.2, 0) is 21.2 Å². The van der Waals surface area contributed by atoms with Crippen LogP contribution in [0.3, 0.4) is 0 Å². The fourth-order valence-electron chi connectivity index (χ4n) is 2.64. The van der Waals surface area contributed by atoms with Crippen molar-refractivity contribution >= 4 is 15.7 Å². The highest BCUT2D eigenvalue weighted by atomic mass is 32.2. The van der Waals surface area contributed by atoms with Crippen LogP contribution in [0.1, 0.15) is 6.42 Å². The summed E-state index contributed by atoms with van der Waals surface area (Å²) in [5.74, 6) is -0.387. The van der Waals surface area contributed by atoms with Gasteiger partial charge in [0.05, 0.1) is 17.2 Å². The van der Waals surface area contributed by atoms with E-state index < -0.39 is 21.8 Å². The van der Waals surface area contributed by atoms with Crippen LogP contribution in [0.5, 0.6) is 0 Å². The van der Waals surface area contributed by atoms with E-state index in [2.05, 4.69) is 10.4 Å². The molecule has 1 aromatic heterocycles. The minimum atomic E-state index is -3.06. The predicted octanol–water partition coefficient (Wildman–Crippen LogP) is 0.214. The van der Waals surface area contributed by atoms with Gasteiger partial charge < -0.3 is 5.32 Å². The molecule has 1 N–H and O–H groups in total. The molecule has 24 heavy (non-hydrogen) atoms. The molecule has 1 fully saturated rings. The lowest BCUT2D eigenvalue weighted by Gasteiger charge is -2.12. The van der Waals surface area contributed by atoms with Crippen LogP contribution in [0.25, 0.3) is 11.3 Å². The van der Waals surface area contributed by atoms with Crippen LogP contribution in [0.2, 0.25) is 0 Å². The summed E-state index contributed by atoms with van der Waals surface area (Å²) in [6, 6.07) is 11.9. The molecule has 1 aliphatic heterocycles. The van der Waals surface area contributed by atoms with Gasteiger partial charge in [0.15, 0.2) is 9.84 Å². The Labute approximate surface area is 139 Å². The minimum Gasteiger partial charge on any atom is -0.351 e. The van der Waals surface area contributed by atoms with Gasteiger partial charge in [-0.05, 0) is 12.5 Å². The maximum atomic E-state index is 12.1. The maximum Gasteiger partial charge on any atom is 0.267 e. The average Bonchev–Trinajstić information content (AvgIpc) is 2.89. The molecular weight excluding hydrogens is 330 g/mol.